The van der Waals surface area contributed by atoms with E-state index < -0.39 is 6.10 Å². The van der Waals surface area contributed by atoms with Crippen molar-refractivity contribution < 1.29 is 15.8 Å². The van der Waals surface area contributed by atoms with Gasteiger partial charge in [0.05, 0.1) is 29.3 Å². The molecule has 34 heavy (non-hydrogen) atoms. The quantitative estimate of drug-likeness (QED) is 0.376. The maximum Gasteiger partial charge on any atom is 0.219 e. The van der Waals surface area contributed by atoms with Crippen LogP contribution in [0.15, 0.2) is 103 Å². The van der Waals surface area contributed by atoms with Crippen LogP contribution in [-0.4, -0.2) is 10.1 Å². The van der Waals surface area contributed by atoms with Gasteiger partial charge < -0.3 is 10.8 Å². The minimum Gasteiger partial charge on any atom is -0.388 e. The smallest absolute Gasteiger partial charge is 0.219 e. The van der Waals surface area contributed by atoms with E-state index in [0.29, 0.717) is 12.8 Å². The van der Waals surface area contributed by atoms with Gasteiger partial charge in [-0.2, -0.15) is 0 Å². The van der Waals surface area contributed by atoms with E-state index in [1.807, 2.05) is 48.7 Å². The van der Waals surface area contributed by atoms with E-state index in [-0.39, 0.29) is 0 Å². The van der Waals surface area contributed by atoms with Crippen molar-refractivity contribution in [3.8, 4) is 22.4 Å². The lowest BCUT2D eigenvalue weighted by Gasteiger charge is -2.12. The number of nitrogens with one attached hydrogen (secondary N) is 1. The number of aryl methyl sites for hydroxylation is 1. The number of hydrogen-bond donors (Lipinski definition) is 2. The molecule has 0 aliphatic heterocycles. The molecule has 5 N–H and O–H groups in total. The molecule has 2 aromatic heterocycles. The normalized spacial score (nSPS) is 12.1. The summed E-state index contributed by atoms with van der Waals surface area (Å²) in [6, 6.07) is 33.1. The number of nitrogens with zero attached hydrogens (tertiary/aromatic N) is 1. The Morgan fingerprint density at radius 3 is 2.24 bits per heavy atom. The van der Waals surface area contributed by atoms with E-state index in [0.717, 1.165) is 51.1 Å². The standard InChI is InChI=1S/C30H27N3O/c31-20-21-11-13-24(14-12-21)30-25(22-7-3-1-4-8-22)19-26-27(32-18-17-28(26)33-30)15-16-29(34)23-9-5-2-6-10-23/h1-14,17-19,29,34H,15-16,20,31H2/p+2. The number of hydrogen-bond acceptors (Lipinski definition) is 2. The molecule has 0 fully saturated rings. The first-order chi connectivity index (χ1) is 16.7. The molecule has 3 aromatic carbocycles. The number of benzene rings is 3. The summed E-state index contributed by atoms with van der Waals surface area (Å²) in [6.07, 6.45) is 2.64. The number of pyridine rings is 2. The zero-order valence-electron chi connectivity index (χ0n) is 19.1. The van der Waals surface area contributed by atoms with Gasteiger partial charge in [-0.25, -0.2) is 4.98 Å². The van der Waals surface area contributed by atoms with E-state index in [2.05, 4.69) is 65.3 Å². The van der Waals surface area contributed by atoms with Crippen LogP contribution in [0.1, 0.15) is 29.3 Å². The second-order valence-corrected chi connectivity index (χ2v) is 8.55. The number of rotatable bonds is 7. The lowest BCUT2D eigenvalue weighted by atomic mass is 9.95. The number of quaternary nitrogens is 1. The molecule has 0 saturated carbocycles. The number of H-pyrrole nitrogens is 1. The first kappa shape index (κ1) is 22.0. The topological polar surface area (TPSA) is 74.9 Å². The van der Waals surface area contributed by atoms with Crippen molar-refractivity contribution >= 4 is 10.9 Å². The van der Waals surface area contributed by atoms with Gasteiger partial charge in [0.15, 0.2) is 0 Å². The Morgan fingerprint density at radius 1 is 0.824 bits per heavy atom. The Bertz CT molecular complexity index is 1380. The second-order valence-electron chi connectivity index (χ2n) is 8.55. The molecule has 0 aliphatic rings. The molecule has 2 heterocycles. The van der Waals surface area contributed by atoms with E-state index in [9.17, 15) is 5.11 Å². The van der Waals surface area contributed by atoms with E-state index in [1.165, 1.54) is 5.56 Å². The zero-order valence-corrected chi connectivity index (χ0v) is 19.1. The first-order valence-corrected chi connectivity index (χ1v) is 11.7. The highest BCUT2D eigenvalue weighted by atomic mass is 16.3. The third kappa shape index (κ3) is 4.60. The fraction of sp³-hybridized carbons (Fsp3) is 0.133. The summed E-state index contributed by atoms with van der Waals surface area (Å²) in [5.74, 6) is 0. The summed E-state index contributed by atoms with van der Waals surface area (Å²) in [4.78, 5) is 8.38. The van der Waals surface area contributed by atoms with Crippen molar-refractivity contribution in [1.29, 1.82) is 0 Å². The SMILES string of the molecule is [NH3+]Cc1ccc(-c2[nH+]c3ccnc(CCC(O)c4ccccc4)c3cc2-c2ccccc2)cc1. The number of aromatic amines is 1. The minimum absolute atomic E-state index is 0.512. The molecule has 5 aromatic rings. The molecule has 0 saturated heterocycles. The number of aliphatic hydroxyl groups is 1. The van der Waals surface area contributed by atoms with Crippen molar-refractivity contribution in [3.63, 3.8) is 0 Å². The molecule has 0 bridgehead atoms. The van der Waals surface area contributed by atoms with Gasteiger partial charge in [0.25, 0.3) is 0 Å². The molecule has 0 radical (unpaired) electrons. The average molecular weight is 448 g/mol. The highest BCUT2D eigenvalue weighted by Crippen LogP contribution is 2.32. The number of aromatic nitrogens is 2. The second kappa shape index (κ2) is 9.96. The molecule has 4 heteroatoms. The van der Waals surface area contributed by atoms with E-state index >= 15 is 0 Å². The van der Waals surface area contributed by atoms with Crippen LogP contribution in [0.4, 0.5) is 0 Å². The van der Waals surface area contributed by atoms with Gasteiger partial charge in [0, 0.05) is 23.4 Å². The molecule has 5 rings (SSSR count). The van der Waals surface area contributed by atoms with Crippen LogP contribution in [0.5, 0.6) is 0 Å². The van der Waals surface area contributed by atoms with Gasteiger partial charge in [-0.3, -0.25) is 4.98 Å². The minimum atomic E-state index is -0.512. The summed E-state index contributed by atoms with van der Waals surface area (Å²) < 4.78 is 0. The molecule has 0 spiro atoms. The Balaban J connectivity index is 1.57. The predicted molar refractivity (Wildman–Crippen MR) is 135 cm³/mol. The molecule has 0 aliphatic carbocycles. The van der Waals surface area contributed by atoms with Crippen molar-refractivity contribution in [2.24, 2.45) is 0 Å². The predicted octanol–water partition coefficient (Wildman–Crippen LogP) is 4.79. The van der Waals surface area contributed by atoms with E-state index in [1.54, 1.807) is 0 Å². The Labute approximate surface area is 199 Å². The van der Waals surface area contributed by atoms with Crippen molar-refractivity contribution in [3.05, 3.63) is 120 Å². The van der Waals surface area contributed by atoms with Crippen LogP contribution < -0.4 is 10.7 Å². The maximum atomic E-state index is 10.7. The summed E-state index contributed by atoms with van der Waals surface area (Å²) in [6.45, 7) is 0.775. The lowest BCUT2D eigenvalue weighted by molar-refractivity contribution is -0.386. The Kier molecular flexibility index (Phi) is 6.43. The maximum absolute atomic E-state index is 10.7. The summed E-state index contributed by atoms with van der Waals surface area (Å²) in [7, 11) is 0. The average Bonchev–Trinajstić information content (AvgIpc) is 2.92. The molecule has 4 nitrogen and oxygen atoms in total. The van der Waals surface area contributed by atoms with E-state index in [4.69, 9.17) is 4.98 Å². The van der Waals surface area contributed by atoms with Gasteiger partial charge in [-0.1, -0.05) is 72.8 Å². The number of aliphatic hydroxyl groups excluding tert-OH is 1. The van der Waals surface area contributed by atoms with Crippen LogP contribution in [0.3, 0.4) is 0 Å². The lowest BCUT2D eigenvalue weighted by Crippen LogP contribution is -2.47. The highest BCUT2D eigenvalue weighted by molar-refractivity contribution is 5.89. The van der Waals surface area contributed by atoms with Crippen LogP contribution in [-0.2, 0) is 13.0 Å². The molecular formula is C30H29N3O+2. The van der Waals surface area contributed by atoms with Gasteiger partial charge in [-0.05, 0) is 42.2 Å². The van der Waals surface area contributed by atoms with Crippen molar-refractivity contribution in [2.45, 2.75) is 25.5 Å². The van der Waals surface area contributed by atoms with Crippen LogP contribution >= 0.6 is 0 Å². The fourth-order valence-corrected chi connectivity index (χ4v) is 4.43. The molecule has 1 unspecified atom stereocenters. The molecule has 0 amide bonds. The Morgan fingerprint density at radius 2 is 1.53 bits per heavy atom. The van der Waals surface area contributed by atoms with Gasteiger partial charge in [0.2, 0.25) is 11.2 Å². The molecule has 168 valence electrons. The van der Waals surface area contributed by atoms with Crippen LogP contribution in [0, 0.1) is 0 Å². The zero-order chi connectivity index (χ0) is 23.3. The number of fused-ring (bicyclic) bond motifs is 1. The van der Waals surface area contributed by atoms with Crippen LogP contribution in [0.25, 0.3) is 33.3 Å². The van der Waals surface area contributed by atoms with Gasteiger partial charge in [0.1, 0.15) is 0 Å². The summed E-state index contributed by atoms with van der Waals surface area (Å²) >= 11 is 0. The largest absolute Gasteiger partial charge is 0.388 e. The molecule has 1 atom stereocenters. The van der Waals surface area contributed by atoms with Crippen molar-refractivity contribution in [2.75, 3.05) is 0 Å². The fourth-order valence-electron chi connectivity index (χ4n) is 4.43. The van der Waals surface area contributed by atoms with Gasteiger partial charge in [-0.15, -0.1) is 0 Å². The van der Waals surface area contributed by atoms with Crippen LogP contribution in [0.2, 0.25) is 0 Å². The highest BCUT2D eigenvalue weighted by Gasteiger charge is 2.20. The molecular weight excluding hydrogens is 418 g/mol. The third-order valence-electron chi connectivity index (χ3n) is 6.35. The summed E-state index contributed by atoms with van der Waals surface area (Å²) in [5.41, 5.74) is 12.7. The Hall–Kier alpha value is -3.86. The van der Waals surface area contributed by atoms with Gasteiger partial charge >= 0.3 is 0 Å². The monoisotopic (exact) mass is 447 g/mol. The van der Waals surface area contributed by atoms with Crippen molar-refractivity contribution in [1.82, 2.24) is 4.98 Å². The third-order valence-corrected chi connectivity index (χ3v) is 6.35. The first-order valence-electron chi connectivity index (χ1n) is 11.7. The summed E-state index contributed by atoms with van der Waals surface area (Å²) in [5, 5.41) is 11.8.